The number of hydrogen-bond donors (Lipinski definition) is 1. The van der Waals surface area contributed by atoms with Crippen molar-refractivity contribution in [1.29, 1.82) is 0 Å². The molecule has 0 amide bonds. The van der Waals surface area contributed by atoms with Gasteiger partial charge in [0.2, 0.25) is 0 Å². The molecule has 5 nitrogen and oxygen atoms in total. The number of aromatic nitrogens is 3. The van der Waals surface area contributed by atoms with Gasteiger partial charge in [-0.3, -0.25) is 4.40 Å². The van der Waals surface area contributed by atoms with E-state index in [2.05, 4.69) is 42.5 Å². The Kier molecular flexibility index (Phi) is 3.81. The maximum atomic E-state index is 5.43. The standard InChI is InChI=1S/C13H17BrN4O/c1-9(10-2-3-19-8-10)15-4-11-5-17-13-6-16-12(14)7-18(11)13/h5-7,9-10,15H,2-4,8H2,1H3. The Morgan fingerprint density at radius 2 is 2.42 bits per heavy atom. The average molecular weight is 325 g/mol. The molecule has 6 heteroatoms. The molecule has 0 spiro atoms. The van der Waals surface area contributed by atoms with Gasteiger partial charge in [0, 0.05) is 25.4 Å². The Morgan fingerprint density at radius 3 is 3.21 bits per heavy atom. The highest BCUT2D eigenvalue weighted by atomic mass is 79.9. The van der Waals surface area contributed by atoms with Crippen molar-refractivity contribution < 1.29 is 4.74 Å². The smallest absolute Gasteiger partial charge is 0.155 e. The first-order chi connectivity index (χ1) is 9.24. The van der Waals surface area contributed by atoms with Crippen LogP contribution in [0.25, 0.3) is 5.65 Å². The lowest BCUT2D eigenvalue weighted by molar-refractivity contribution is 0.178. The van der Waals surface area contributed by atoms with E-state index in [9.17, 15) is 0 Å². The minimum atomic E-state index is 0.457. The van der Waals surface area contributed by atoms with Gasteiger partial charge in [-0.25, -0.2) is 9.97 Å². The number of ether oxygens (including phenoxy) is 1. The second-order valence-corrected chi connectivity index (χ2v) is 5.79. The number of nitrogens with zero attached hydrogens (tertiary/aromatic N) is 3. The fraction of sp³-hybridized carbons (Fsp3) is 0.538. The SMILES string of the molecule is CC(NCc1cnc2cnc(Br)cn12)C1CCOC1. The van der Waals surface area contributed by atoms with Crippen LogP contribution in [-0.4, -0.2) is 33.6 Å². The fourth-order valence-corrected chi connectivity index (χ4v) is 2.73. The van der Waals surface area contributed by atoms with Crippen molar-refractivity contribution in [2.75, 3.05) is 13.2 Å². The van der Waals surface area contributed by atoms with E-state index in [-0.39, 0.29) is 0 Å². The van der Waals surface area contributed by atoms with Crippen LogP contribution in [0.3, 0.4) is 0 Å². The molecule has 3 heterocycles. The van der Waals surface area contributed by atoms with Crippen molar-refractivity contribution in [3.8, 4) is 0 Å². The third kappa shape index (κ3) is 2.80. The van der Waals surface area contributed by atoms with E-state index in [0.717, 1.165) is 42.1 Å². The Hall–Kier alpha value is -0.980. The van der Waals surface area contributed by atoms with Crippen LogP contribution in [0.15, 0.2) is 23.2 Å². The van der Waals surface area contributed by atoms with Crippen LogP contribution >= 0.6 is 15.9 Å². The monoisotopic (exact) mass is 324 g/mol. The van der Waals surface area contributed by atoms with Gasteiger partial charge in [-0.15, -0.1) is 0 Å². The first kappa shape index (κ1) is 13.0. The topological polar surface area (TPSA) is 51.5 Å². The van der Waals surface area contributed by atoms with Crippen LogP contribution in [0.5, 0.6) is 0 Å². The largest absolute Gasteiger partial charge is 0.381 e. The quantitative estimate of drug-likeness (QED) is 0.934. The number of fused-ring (bicyclic) bond motifs is 1. The van der Waals surface area contributed by atoms with Crippen LogP contribution in [0.4, 0.5) is 0 Å². The molecule has 0 aliphatic carbocycles. The summed E-state index contributed by atoms with van der Waals surface area (Å²) < 4.78 is 8.30. The Balaban J connectivity index is 1.69. The zero-order chi connectivity index (χ0) is 13.2. The molecule has 102 valence electrons. The van der Waals surface area contributed by atoms with Gasteiger partial charge in [-0.05, 0) is 35.2 Å². The van der Waals surface area contributed by atoms with E-state index >= 15 is 0 Å². The number of imidazole rings is 1. The first-order valence-corrected chi connectivity index (χ1v) is 7.32. The van der Waals surface area contributed by atoms with Crippen molar-refractivity contribution in [3.05, 3.63) is 28.9 Å². The van der Waals surface area contributed by atoms with Gasteiger partial charge in [-0.2, -0.15) is 0 Å². The van der Waals surface area contributed by atoms with E-state index in [1.165, 1.54) is 0 Å². The Labute approximate surface area is 120 Å². The summed E-state index contributed by atoms with van der Waals surface area (Å²) >= 11 is 3.39. The molecule has 1 N–H and O–H groups in total. The van der Waals surface area contributed by atoms with Gasteiger partial charge in [0.15, 0.2) is 5.65 Å². The highest BCUT2D eigenvalue weighted by Gasteiger charge is 2.21. The molecule has 0 bridgehead atoms. The third-order valence-electron chi connectivity index (χ3n) is 3.72. The maximum Gasteiger partial charge on any atom is 0.155 e. The molecule has 19 heavy (non-hydrogen) atoms. The van der Waals surface area contributed by atoms with Crippen molar-refractivity contribution in [2.24, 2.45) is 5.92 Å². The predicted octanol–water partition coefficient (Wildman–Crippen LogP) is 2.01. The van der Waals surface area contributed by atoms with E-state index in [4.69, 9.17) is 4.74 Å². The normalized spacial score (nSPS) is 21.1. The molecular formula is C13H17BrN4O. The Bertz CT molecular complexity index is 565. The van der Waals surface area contributed by atoms with Crippen molar-refractivity contribution in [3.63, 3.8) is 0 Å². The van der Waals surface area contributed by atoms with Gasteiger partial charge >= 0.3 is 0 Å². The summed E-state index contributed by atoms with van der Waals surface area (Å²) in [5, 5.41) is 3.56. The van der Waals surface area contributed by atoms with Crippen molar-refractivity contribution in [2.45, 2.75) is 25.9 Å². The molecule has 1 aliphatic rings. The van der Waals surface area contributed by atoms with Gasteiger partial charge < -0.3 is 10.1 Å². The molecule has 0 saturated carbocycles. The van der Waals surface area contributed by atoms with Gasteiger partial charge in [0.05, 0.1) is 24.7 Å². The lowest BCUT2D eigenvalue weighted by atomic mass is 10.0. The van der Waals surface area contributed by atoms with Crippen molar-refractivity contribution in [1.82, 2.24) is 19.7 Å². The zero-order valence-electron chi connectivity index (χ0n) is 10.8. The third-order valence-corrected chi connectivity index (χ3v) is 4.13. The molecular weight excluding hydrogens is 308 g/mol. The van der Waals surface area contributed by atoms with E-state index in [1.807, 2.05) is 12.4 Å². The molecule has 2 aromatic heterocycles. The molecule has 0 aromatic carbocycles. The van der Waals surface area contributed by atoms with Gasteiger partial charge in [0.1, 0.15) is 4.60 Å². The minimum Gasteiger partial charge on any atom is -0.381 e. The van der Waals surface area contributed by atoms with Crippen LogP contribution in [0, 0.1) is 5.92 Å². The molecule has 3 rings (SSSR count). The molecule has 1 aliphatic heterocycles. The summed E-state index contributed by atoms with van der Waals surface area (Å²) in [6, 6.07) is 0.457. The van der Waals surface area contributed by atoms with Crippen molar-refractivity contribution >= 4 is 21.6 Å². The second kappa shape index (κ2) is 5.56. The van der Waals surface area contributed by atoms with Gasteiger partial charge in [0.25, 0.3) is 0 Å². The van der Waals surface area contributed by atoms with Crippen LogP contribution in [-0.2, 0) is 11.3 Å². The summed E-state index contributed by atoms with van der Waals surface area (Å²) in [6.45, 7) is 4.79. The summed E-state index contributed by atoms with van der Waals surface area (Å²) in [7, 11) is 0. The van der Waals surface area contributed by atoms with Crippen LogP contribution in [0.1, 0.15) is 19.0 Å². The summed E-state index contributed by atoms with van der Waals surface area (Å²) in [6.07, 6.45) is 6.76. The summed E-state index contributed by atoms with van der Waals surface area (Å²) in [5.74, 6) is 0.618. The molecule has 2 unspecified atom stereocenters. The second-order valence-electron chi connectivity index (χ2n) is 4.98. The van der Waals surface area contributed by atoms with Crippen LogP contribution in [0.2, 0.25) is 0 Å². The average Bonchev–Trinajstić information content (AvgIpc) is 3.05. The lowest BCUT2D eigenvalue weighted by Crippen LogP contribution is -2.33. The first-order valence-electron chi connectivity index (χ1n) is 6.52. The zero-order valence-corrected chi connectivity index (χ0v) is 12.4. The molecule has 0 radical (unpaired) electrons. The summed E-state index contributed by atoms with van der Waals surface area (Å²) in [4.78, 5) is 8.53. The fourth-order valence-electron chi connectivity index (χ4n) is 2.43. The van der Waals surface area contributed by atoms with E-state index in [1.54, 1.807) is 6.20 Å². The number of rotatable bonds is 4. The van der Waals surface area contributed by atoms with E-state index < -0.39 is 0 Å². The number of halogens is 1. The predicted molar refractivity (Wildman–Crippen MR) is 75.9 cm³/mol. The summed E-state index contributed by atoms with van der Waals surface area (Å²) in [5.41, 5.74) is 2.01. The lowest BCUT2D eigenvalue weighted by Gasteiger charge is -2.19. The van der Waals surface area contributed by atoms with E-state index in [0.29, 0.717) is 12.0 Å². The number of nitrogens with one attached hydrogen (secondary N) is 1. The highest BCUT2D eigenvalue weighted by molar-refractivity contribution is 9.10. The molecule has 1 fully saturated rings. The molecule has 2 atom stereocenters. The highest BCUT2D eigenvalue weighted by Crippen LogP contribution is 2.17. The van der Waals surface area contributed by atoms with Crippen LogP contribution < -0.4 is 5.32 Å². The molecule has 2 aromatic rings. The van der Waals surface area contributed by atoms with Gasteiger partial charge in [-0.1, -0.05) is 0 Å². The number of hydrogen-bond acceptors (Lipinski definition) is 4. The Morgan fingerprint density at radius 1 is 1.53 bits per heavy atom. The molecule has 1 saturated heterocycles. The maximum absolute atomic E-state index is 5.43. The minimum absolute atomic E-state index is 0.457.